The first-order valence-corrected chi connectivity index (χ1v) is 9.34. The minimum absolute atomic E-state index is 0.0164. The number of likely N-dealkylation sites (tertiary alicyclic amines) is 1. The number of amides is 2. The van der Waals surface area contributed by atoms with E-state index in [1.807, 2.05) is 23.1 Å². The fourth-order valence-corrected chi connectivity index (χ4v) is 3.77. The molecule has 0 bridgehead atoms. The number of urea groups is 1. The molecular formula is C19H28N4O2. The Hall–Kier alpha value is -2.08. The molecule has 0 spiro atoms. The van der Waals surface area contributed by atoms with Gasteiger partial charge in [0.25, 0.3) is 0 Å². The van der Waals surface area contributed by atoms with Crippen LogP contribution in [0.2, 0.25) is 0 Å². The van der Waals surface area contributed by atoms with Crippen molar-refractivity contribution < 1.29 is 9.90 Å². The van der Waals surface area contributed by atoms with Gasteiger partial charge in [-0.2, -0.15) is 0 Å². The van der Waals surface area contributed by atoms with Crippen LogP contribution in [-0.4, -0.2) is 51.3 Å². The molecule has 0 radical (unpaired) electrons. The number of fused-ring (bicyclic) bond motifs is 1. The molecule has 2 heterocycles. The van der Waals surface area contributed by atoms with Crippen LogP contribution in [0.15, 0.2) is 24.3 Å². The normalized spacial score (nSPS) is 17.8. The van der Waals surface area contributed by atoms with E-state index in [1.165, 1.54) is 0 Å². The first-order valence-electron chi connectivity index (χ1n) is 9.34. The number of imidazole rings is 1. The van der Waals surface area contributed by atoms with Gasteiger partial charge in [0.1, 0.15) is 5.82 Å². The van der Waals surface area contributed by atoms with E-state index in [1.54, 1.807) is 0 Å². The minimum Gasteiger partial charge on any atom is -0.396 e. The van der Waals surface area contributed by atoms with Crippen molar-refractivity contribution in [3.05, 3.63) is 30.1 Å². The quantitative estimate of drug-likeness (QED) is 0.846. The standard InChI is InChI=1S/C19H28N4O2/c1-2-22-17-9-4-3-8-16(17)21-18(22)10-12-20-19(25)23-13-6-5-7-15(23)11-14-24/h3-4,8-9,15,24H,2,5-7,10-14H2,1H3,(H,20,25). The molecule has 1 saturated heterocycles. The van der Waals surface area contributed by atoms with Crippen molar-refractivity contribution in [3.63, 3.8) is 0 Å². The van der Waals surface area contributed by atoms with Crippen LogP contribution in [0.1, 0.15) is 38.4 Å². The SMILES string of the molecule is CCn1c(CCNC(=O)N2CCCCC2CCO)nc2ccccc21. The van der Waals surface area contributed by atoms with Crippen LogP contribution in [0.5, 0.6) is 0 Å². The predicted octanol–water partition coefficient (Wildman–Crippen LogP) is 2.55. The first kappa shape index (κ1) is 17.7. The van der Waals surface area contributed by atoms with Crippen LogP contribution in [0.3, 0.4) is 0 Å². The number of carbonyl (C=O) groups is 1. The van der Waals surface area contributed by atoms with Crippen LogP contribution < -0.4 is 5.32 Å². The molecule has 1 aliphatic rings. The number of nitrogens with zero attached hydrogens (tertiary/aromatic N) is 3. The zero-order chi connectivity index (χ0) is 17.6. The number of piperidine rings is 1. The van der Waals surface area contributed by atoms with Crippen LogP contribution in [-0.2, 0) is 13.0 Å². The Bertz CT molecular complexity index is 711. The lowest BCUT2D eigenvalue weighted by Crippen LogP contribution is -2.49. The maximum absolute atomic E-state index is 12.5. The number of benzene rings is 1. The van der Waals surface area contributed by atoms with Gasteiger partial charge >= 0.3 is 6.03 Å². The maximum Gasteiger partial charge on any atom is 0.317 e. The molecule has 2 aromatic rings. The fourth-order valence-electron chi connectivity index (χ4n) is 3.77. The Morgan fingerprint density at radius 2 is 2.20 bits per heavy atom. The third-order valence-corrected chi connectivity index (χ3v) is 5.02. The summed E-state index contributed by atoms with van der Waals surface area (Å²) in [5.41, 5.74) is 2.15. The molecule has 1 aliphatic heterocycles. The third-order valence-electron chi connectivity index (χ3n) is 5.02. The Labute approximate surface area is 148 Å². The van der Waals surface area contributed by atoms with Crippen LogP contribution in [0.4, 0.5) is 4.79 Å². The summed E-state index contributed by atoms with van der Waals surface area (Å²) in [4.78, 5) is 19.1. The lowest BCUT2D eigenvalue weighted by atomic mass is 10.0. The highest BCUT2D eigenvalue weighted by Gasteiger charge is 2.25. The van der Waals surface area contributed by atoms with Gasteiger partial charge in [-0.15, -0.1) is 0 Å². The van der Waals surface area contributed by atoms with Gasteiger partial charge in [-0.05, 0) is 44.7 Å². The number of aromatic nitrogens is 2. The Kier molecular flexibility index (Phi) is 5.91. The van der Waals surface area contributed by atoms with E-state index in [4.69, 9.17) is 4.98 Å². The number of aliphatic hydroxyl groups is 1. The number of para-hydroxylation sites is 2. The number of carbonyl (C=O) groups excluding carboxylic acids is 1. The van der Waals surface area contributed by atoms with Crippen molar-refractivity contribution in [2.75, 3.05) is 19.7 Å². The summed E-state index contributed by atoms with van der Waals surface area (Å²) in [5, 5.41) is 12.2. The number of nitrogens with one attached hydrogen (secondary N) is 1. The molecule has 1 fully saturated rings. The Balaban J connectivity index is 1.60. The highest BCUT2D eigenvalue weighted by Crippen LogP contribution is 2.19. The summed E-state index contributed by atoms with van der Waals surface area (Å²) in [6.07, 6.45) is 4.54. The van der Waals surface area contributed by atoms with Crippen molar-refractivity contribution in [2.24, 2.45) is 0 Å². The highest BCUT2D eigenvalue weighted by molar-refractivity contribution is 5.76. The third kappa shape index (κ3) is 3.95. The highest BCUT2D eigenvalue weighted by atomic mass is 16.3. The number of hydrogen-bond acceptors (Lipinski definition) is 3. The Morgan fingerprint density at radius 3 is 3.00 bits per heavy atom. The van der Waals surface area contributed by atoms with E-state index >= 15 is 0 Å². The zero-order valence-electron chi connectivity index (χ0n) is 14.9. The first-order chi connectivity index (χ1) is 12.2. The molecular weight excluding hydrogens is 316 g/mol. The second kappa shape index (κ2) is 8.34. The average molecular weight is 344 g/mol. The van der Waals surface area contributed by atoms with Crippen LogP contribution >= 0.6 is 0 Å². The van der Waals surface area contributed by atoms with Crippen LogP contribution in [0, 0.1) is 0 Å². The van der Waals surface area contributed by atoms with E-state index < -0.39 is 0 Å². The molecule has 136 valence electrons. The van der Waals surface area contributed by atoms with E-state index in [-0.39, 0.29) is 18.7 Å². The molecule has 3 rings (SSSR count). The average Bonchev–Trinajstić information content (AvgIpc) is 2.99. The molecule has 1 atom stereocenters. The van der Waals surface area contributed by atoms with Crippen molar-refractivity contribution in [1.82, 2.24) is 19.8 Å². The van der Waals surface area contributed by atoms with Crippen molar-refractivity contribution in [2.45, 2.75) is 51.6 Å². The molecule has 1 aromatic carbocycles. The number of aliphatic hydroxyl groups excluding tert-OH is 1. The van der Waals surface area contributed by atoms with E-state index in [9.17, 15) is 9.90 Å². The molecule has 2 N–H and O–H groups in total. The van der Waals surface area contributed by atoms with Gasteiger partial charge in [0.2, 0.25) is 0 Å². The number of aryl methyl sites for hydroxylation is 1. The number of hydrogen-bond donors (Lipinski definition) is 2. The fraction of sp³-hybridized carbons (Fsp3) is 0.579. The van der Waals surface area contributed by atoms with Gasteiger partial charge in [0.15, 0.2) is 0 Å². The summed E-state index contributed by atoms with van der Waals surface area (Å²) in [5.74, 6) is 1.01. The second-order valence-electron chi connectivity index (χ2n) is 6.60. The second-order valence-corrected chi connectivity index (χ2v) is 6.60. The summed E-state index contributed by atoms with van der Waals surface area (Å²) in [6, 6.07) is 8.28. The van der Waals surface area contributed by atoms with Crippen molar-refractivity contribution in [3.8, 4) is 0 Å². The molecule has 1 aromatic heterocycles. The topological polar surface area (TPSA) is 70.4 Å². The van der Waals surface area contributed by atoms with Gasteiger partial charge in [-0.25, -0.2) is 9.78 Å². The zero-order valence-corrected chi connectivity index (χ0v) is 14.9. The monoisotopic (exact) mass is 344 g/mol. The predicted molar refractivity (Wildman–Crippen MR) is 98.6 cm³/mol. The van der Waals surface area contributed by atoms with Gasteiger partial charge in [-0.3, -0.25) is 0 Å². The summed E-state index contributed by atoms with van der Waals surface area (Å²) < 4.78 is 2.21. The van der Waals surface area contributed by atoms with Crippen molar-refractivity contribution >= 4 is 17.1 Å². The van der Waals surface area contributed by atoms with Gasteiger partial charge in [0, 0.05) is 38.7 Å². The summed E-state index contributed by atoms with van der Waals surface area (Å²) in [7, 11) is 0. The molecule has 6 heteroatoms. The van der Waals surface area contributed by atoms with Gasteiger partial charge in [0.05, 0.1) is 11.0 Å². The molecule has 25 heavy (non-hydrogen) atoms. The molecule has 0 saturated carbocycles. The lowest BCUT2D eigenvalue weighted by Gasteiger charge is -2.35. The lowest BCUT2D eigenvalue weighted by molar-refractivity contribution is 0.132. The van der Waals surface area contributed by atoms with Crippen molar-refractivity contribution in [1.29, 1.82) is 0 Å². The largest absolute Gasteiger partial charge is 0.396 e. The Morgan fingerprint density at radius 1 is 1.36 bits per heavy atom. The van der Waals surface area contributed by atoms with Gasteiger partial charge < -0.3 is 19.9 Å². The minimum atomic E-state index is -0.0164. The summed E-state index contributed by atoms with van der Waals surface area (Å²) in [6.45, 7) is 4.47. The van der Waals surface area contributed by atoms with Crippen LogP contribution in [0.25, 0.3) is 11.0 Å². The van der Waals surface area contributed by atoms with E-state index in [2.05, 4.69) is 22.9 Å². The van der Waals surface area contributed by atoms with E-state index in [0.717, 1.165) is 49.2 Å². The van der Waals surface area contributed by atoms with Gasteiger partial charge in [-0.1, -0.05) is 12.1 Å². The van der Waals surface area contributed by atoms with E-state index in [0.29, 0.717) is 19.4 Å². The molecule has 0 aliphatic carbocycles. The summed E-state index contributed by atoms with van der Waals surface area (Å²) >= 11 is 0. The molecule has 1 unspecified atom stereocenters. The maximum atomic E-state index is 12.5. The molecule has 6 nitrogen and oxygen atoms in total. The molecule has 2 amide bonds. The number of rotatable bonds is 6. The smallest absolute Gasteiger partial charge is 0.317 e.